The lowest BCUT2D eigenvalue weighted by atomic mass is 9.96. The normalized spacial score (nSPS) is 11.6. The van der Waals surface area contributed by atoms with Crippen LogP contribution >= 0.6 is 0 Å². The van der Waals surface area contributed by atoms with Crippen molar-refractivity contribution in [3.8, 4) is 11.1 Å². The Bertz CT molecular complexity index is 577. The Morgan fingerprint density at radius 1 is 1.10 bits per heavy atom. The Morgan fingerprint density at radius 3 is 2.20 bits per heavy atom. The number of aromatic nitrogens is 2. The standard InChI is InChI=1S/C17H25N3/c1-11(2)10-15-16(17(18)20(5)19-15)14-8-6-13(7-9-14)12(3)4/h6-9,11-12H,10,18H2,1-5H3. The lowest BCUT2D eigenvalue weighted by Gasteiger charge is -2.09. The van der Waals surface area contributed by atoms with E-state index in [1.807, 2.05) is 7.05 Å². The van der Waals surface area contributed by atoms with Crippen LogP contribution in [0.1, 0.15) is 44.9 Å². The highest BCUT2D eigenvalue weighted by Gasteiger charge is 2.16. The molecular weight excluding hydrogens is 246 g/mol. The maximum absolute atomic E-state index is 6.21. The summed E-state index contributed by atoms with van der Waals surface area (Å²) in [6.07, 6.45) is 0.951. The molecule has 2 aromatic rings. The average Bonchev–Trinajstić information content (AvgIpc) is 2.64. The van der Waals surface area contributed by atoms with E-state index in [4.69, 9.17) is 5.73 Å². The molecule has 0 aliphatic rings. The van der Waals surface area contributed by atoms with Crippen LogP contribution in [0.5, 0.6) is 0 Å². The molecule has 0 unspecified atom stereocenters. The van der Waals surface area contributed by atoms with E-state index in [-0.39, 0.29) is 0 Å². The second-order valence-electron chi connectivity index (χ2n) is 6.21. The van der Waals surface area contributed by atoms with Gasteiger partial charge in [0.1, 0.15) is 5.82 Å². The van der Waals surface area contributed by atoms with E-state index >= 15 is 0 Å². The van der Waals surface area contributed by atoms with Gasteiger partial charge in [-0.2, -0.15) is 5.10 Å². The van der Waals surface area contributed by atoms with Crippen molar-refractivity contribution in [3.05, 3.63) is 35.5 Å². The molecule has 0 saturated heterocycles. The smallest absolute Gasteiger partial charge is 0.129 e. The highest BCUT2D eigenvalue weighted by atomic mass is 15.3. The summed E-state index contributed by atoms with van der Waals surface area (Å²) in [7, 11) is 1.91. The van der Waals surface area contributed by atoms with Crippen LogP contribution in [-0.4, -0.2) is 9.78 Å². The zero-order valence-electron chi connectivity index (χ0n) is 13.1. The minimum Gasteiger partial charge on any atom is -0.383 e. The number of hydrogen-bond donors (Lipinski definition) is 1. The Balaban J connectivity index is 2.45. The highest BCUT2D eigenvalue weighted by Crippen LogP contribution is 2.31. The monoisotopic (exact) mass is 271 g/mol. The topological polar surface area (TPSA) is 43.8 Å². The number of nitrogen functional groups attached to an aromatic ring is 1. The molecule has 0 aliphatic carbocycles. The van der Waals surface area contributed by atoms with Gasteiger partial charge in [-0.05, 0) is 29.4 Å². The summed E-state index contributed by atoms with van der Waals surface area (Å²) in [5.74, 6) is 1.86. The third-order valence-electron chi connectivity index (χ3n) is 3.63. The number of aryl methyl sites for hydroxylation is 1. The van der Waals surface area contributed by atoms with Gasteiger partial charge in [0.15, 0.2) is 0 Å². The maximum Gasteiger partial charge on any atom is 0.129 e. The zero-order valence-corrected chi connectivity index (χ0v) is 13.1. The van der Waals surface area contributed by atoms with Crippen molar-refractivity contribution in [2.45, 2.75) is 40.0 Å². The molecule has 0 saturated carbocycles. The Morgan fingerprint density at radius 2 is 1.70 bits per heavy atom. The van der Waals surface area contributed by atoms with Gasteiger partial charge in [-0.1, -0.05) is 52.0 Å². The van der Waals surface area contributed by atoms with Gasteiger partial charge in [-0.15, -0.1) is 0 Å². The lowest BCUT2D eigenvalue weighted by molar-refractivity contribution is 0.622. The predicted molar refractivity (Wildman–Crippen MR) is 85.7 cm³/mol. The van der Waals surface area contributed by atoms with Crippen LogP contribution in [0.15, 0.2) is 24.3 Å². The summed E-state index contributed by atoms with van der Waals surface area (Å²) in [4.78, 5) is 0. The fraction of sp³-hybridized carbons (Fsp3) is 0.471. The van der Waals surface area contributed by atoms with Gasteiger partial charge in [-0.3, -0.25) is 4.68 Å². The van der Waals surface area contributed by atoms with Gasteiger partial charge in [-0.25, -0.2) is 0 Å². The summed E-state index contributed by atoms with van der Waals surface area (Å²) >= 11 is 0. The van der Waals surface area contributed by atoms with Crippen LogP contribution in [0.2, 0.25) is 0 Å². The second-order valence-corrected chi connectivity index (χ2v) is 6.21. The Kier molecular flexibility index (Phi) is 4.17. The SMILES string of the molecule is CC(C)Cc1nn(C)c(N)c1-c1ccc(C(C)C)cc1. The Hall–Kier alpha value is -1.77. The van der Waals surface area contributed by atoms with Crippen molar-refractivity contribution in [1.82, 2.24) is 9.78 Å². The third kappa shape index (κ3) is 2.87. The number of rotatable bonds is 4. The van der Waals surface area contributed by atoms with Gasteiger partial charge in [0.05, 0.1) is 5.69 Å². The number of anilines is 1. The van der Waals surface area contributed by atoms with Gasteiger partial charge >= 0.3 is 0 Å². The van der Waals surface area contributed by atoms with Crippen LogP contribution in [-0.2, 0) is 13.5 Å². The number of hydrogen-bond acceptors (Lipinski definition) is 2. The molecule has 20 heavy (non-hydrogen) atoms. The van der Waals surface area contributed by atoms with Crippen LogP contribution in [0.25, 0.3) is 11.1 Å². The van der Waals surface area contributed by atoms with E-state index in [0.717, 1.165) is 29.1 Å². The van der Waals surface area contributed by atoms with Gasteiger partial charge in [0, 0.05) is 12.6 Å². The molecule has 0 aliphatic heterocycles. The molecule has 2 rings (SSSR count). The van der Waals surface area contributed by atoms with Gasteiger partial charge in [0.25, 0.3) is 0 Å². The number of nitrogens with zero attached hydrogens (tertiary/aromatic N) is 2. The number of benzene rings is 1. The van der Waals surface area contributed by atoms with Crippen LogP contribution in [0.4, 0.5) is 5.82 Å². The summed E-state index contributed by atoms with van der Waals surface area (Å²) in [6, 6.07) is 8.69. The molecule has 0 radical (unpaired) electrons. The number of nitrogens with two attached hydrogens (primary N) is 1. The molecule has 3 nitrogen and oxygen atoms in total. The molecule has 2 N–H and O–H groups in total. The first-order valence-electron chi connectivity index (χ1n) is 7.31. The van der Waals surface area contributed by atoms with Crippen molar-refractivity contribution in [2.75, 3.05) is 5.73 Å². The van der Waals surface area contributed by atoms with Gasteiger partial charge < -0.3 is 5.73 Å². The molecule has 1 aromatic heterocycles. The zero-order chi connectivity index (χ0) is 14.9. The van der Waals surface area contributed by atoms with E-state index in [9.17, 15) is 0 Å². The van der Waals surface area contributed by atoms with Crippen molar-refractivity contribution < 1.29 is 0 Å². The largest absolute Gasteiger partial charge is 0.383 e. The fourth-order valence-corrected chi connectivity index (χ4v) is 2.47. The van der Waals surface area contributed by atoms with Crippen molar-refractivity contribution in [3.63, 3.8) is 0 Å². The minimum absolute atomic E-state index is 0.547. The average molecular weight is 271 g/mol. The third-order valence-corrected chi connectivity index (χ3v) is 3.63. The summed E-state index contributed by atoms with van der Waals surface area (Å²) in [5.41, 5.74) is 10.9. The molecule has 1 heterocycles. The Labute approximate surface area is 121 Å². The molecule has 1 aromatic carbocycles. The summed E-state index contributed by atoms with van der Waals surface area (Å²) in [5, 5.41) is 4.58. The van der Waals surface area contributed by atoms with Crippen molar-refractivity contribution in [2.24, 2.45) is 13.0 Å². The van der Waals surface area contributed by atoms with Crippen LogP contribution in [0.3, 0.4) is 0 Å². The quantitative estimate of drug-likeness (QED) is 0.913. The lowest BCUT2D eigenvalue weighted by Crippen LogP contribution is -1.98. The highest BCUT2D eigenvalue weighted by molar-refractivity contribution is 5.76. The van der Waals surface area contributed by atoms with E-state index in [1.165, 1.54) is 5.56 Å². The molecule has 0 amide bonds. The first kappa shape index (κ1) is 14.6. The molecular formula is C17H25N3. The first-order valence-corrected chi connectivity index (χ1v) is 7.31. The summed E-state index contributed by atoms with van der Waals surface area (Å²) in [6.45, 7) is 8.82. The molecule has 0 spiro atoms. The predicted octanol–water partition coefficient (Wildman–Crippen LogP) is 3.99. The van der Waals surface area contributed by atoms with E-state index in [2.05, 4.69) is 57.1 Å². The maximum atomic E-state index is 6.21. The second kappa shape index (κ2) is 5.70. The molecule has 0 atom stereocenters. The molecule has 108 valence electrons. The van der Waals surface area contributed by atoms with Crippen LogP contribution < -0.4 is 5.73 Å². The van der Waals surface area contributed by atoms with E-state index in [1.54, 1.807) is 4.68 Å². The van der Waals surface area contributed by atoms with Gasteiger partial charge in [0.2, 0.25) is 0 Å². The minimum atomic E-state index is 0.547. The van der Waals surface area contributed by atoms with Crippen molar-refractivity contribution >= 4 is 5.82 Å². The molecule has 0 fully saturated rings. The van der Waals surface area contributed by atoms with E-state index in [0.29, 0.717) is 11.8 Å². The molecule has 0 bridgehead atoms. The molecule has 3 heteroatoms. The van der Waals surface area contributed by atoms with Crippen molar-refractivity contribution in [1.29, 1.82) is 0 Å². The fourth-order valence-electron chi connectivity index (χ4n) is 2.47. The summed E-state index contributed by atoms with van der Waals surface area (Å²) < 4.78 is 1.78. The van der Waals surface area contributed by atoms with Crippen LogP contribution in [0, 0.1) is 5.92 Å². The first-order chi connectivity index (χ1) is 9.40. The van der Waals surface area contributed by atoms with E-state index < -0.39 is 0 Å².